The highest BCUT2D eigenvalue weighted by molar-refractivity contribution is 7.92. The first kappa shape index (κ1) is 23.8. The number of rotatable bonds is 7. The second-order valence-corrected chi connectivity index (χ2v) is 10.7. The minimum atomic E-state index is -4.10. The number of benzene rings is 2. The summed E-state index contributed by atoms with van der Waals surface area (Å²) in [4.78, 5) is 23.5. The standard InChI is InChI=1S/C23H26FN3O6S/c1-15(28)25-12-18-13-27(34(30,31)19-6-3-16(24)4-7-19)20-11-17(5-8-21(20)33-18)26-22(29)32-14-23(2)9-10-23/h3-8,11,18H,9-10,12-14H2,1-2H3,(H,25,28)(H,26,29). The number of carbonyl (C=O) groups excluding carboxylic acids is 2. The third-order valence-electron chi connectivity index (χ3n) is 5.77. The third-order valence-corrected chi connectivity index (χ3v) is 7.57. The third kappa shape index (κ3) is 5.41. The van der Waals surface area contributed by atoms with Crippen molar-refractivity contribution in [2.24, 2.45) is 5.41 Å². The molecule has 1 atom stereocenters. The Bertz CT molecular complexity index is 1200. The predicted molar refractivity (Wildman–Crippen MR) is 123 cm³/mol. The van der Waals surface area contributed by atoms with Crippen LogP contribution in [0.4, 0.5) is 20.6 Å². The zero-order valence-electron chi connectivity index (χ0n) is 18.8. The van der Waals surface area contributed by atoms with Gasteiger partial charge in [0.25, 0.3) is 10.0 Å². The van der Waals surface area contributed by atoms with Gasteiger partial charge in [-0.2, -0.15) is 0 Å². The highest BCUT2D eigenvalue weighted by atomic mass is 32.2. The first-order valence-electron chi connectivity index (χ1n) is 10.8. The molecule has 182 valence electrons. The molecule has 4 rings (SSSR count). The minimum absolute atomic E-state index is 0.0317. The van der Waals surface area contributed by atoms with Gasteiger partial charge in [0.1, 0.15) is 17.7 Å². The molecule has 0 spiro atoms. The van der Waals surface area contributed by atoms with Crippen molar-refractivity contribution >= 4 is 33.4 Å². The summed E-state index contributed by atoms with van der Waals surface area (Å²) in [6.07, 6.45) is 0.717. The van der Waals surface area contributed by atoms with Crippen LogP contribution in [-0.2, 0) is 19.6 Å². The van der Waals surface area contributed by atoms with Crippen LogP contribution in [0.3, 0.4) is 0 Å². The number of hydrogen-bond donors (Lipinski definition) is 2. The van der Waals surface area contributed by atoms with Crippen molar-refractivity contribution in [1.29, 1.82) is 0 Å². The zero-order chi connectivity index (χ0) is 24.5. The molecule has 11 heteroatoms. The Kier molecular flexibility index (Phi) is 6.39. The van der Waals surface area contributed by atoms with Gasteiger partial charge < -0.3 is 14.8 Å². The maximum atomic E-state index is 13.4. The van der Waals surface area contributed by atoms with Crippen molar-refractivity contribution < 1.29 is 31.9 Å². The normalized spacial score (nSPS) is 18.3. The summed E-state index contributed by atoms with van der Waals surface area (Å²) in [6.45, 7) is 3.69. The van der Waals surface area contributed by atoms with E-state index < -0.39 is 28.0 Å². The van der Waals surface area contributed by atoms with Crippen LogP contribution in [0.25, 0.3) is 0 Å². The van der Waals surface area contributed by atoms with Crippen molar-refractivity contribution in [2.75, 3.05) is 29.3 Å². The van der Waals surface area contributed by atoms with E-state index in [9.17, 15) is 22.4 Å². The molecule has 1 aliphatic carbocycles. The van der Waals surface area contributed by atoms with Gasteiger partial charge in [0.2, 0.25) is 5.91 Å². The lowest BCUT2D eigenvalue weighted by Crippen LogP contribution is -2.48. The lowest BCUT2D eigenvalue weighted by molar-refractivity contribution is -0.119. The SMILES string of the molecule is CC(=O)NCC1CN(S(=O)(=O)c2ccc(F)cc2)c2cc(NC(=O)OCC3(C)CC3)ccc2O1. The van der Waals surface area contributed by atoms with E-state index in [-0.39, 0.29) is 40.7 Å². The Morgan fingerprint density at radius 3 is 2.56 bits per heavy atom. The molecule has 1 aliphatic heterocycles. The monoisotopic (exact) mass is 491 g/mol. The molecule has 0 bridgehead atoms. The molecule has 1 heterocycles. The van der Waals surface area contributed by atoms with Crippen LogP contribution in [0.2, 0.25) is 0 Å². The van der Waals surface area contributed by atoms with Crippen molar-refractivity contribution in [3.63, 3.8) is 0 Å². The average molecular weight is 492 g/mol. The first-order chi connectivity index (χ1) is 16.1. The van der Waals surface area contributed by atoms with E-state index in [1.54, 1.807) is 12.1 Å². The van der Waals surface area contributed by atoms with Gasteiger partial charge in [-0.3, -0.25) is 14.4 Å². The number of ether oxygens (including phenoxy) is 2. The van der Waals surface area contributed by atoms with Gasteiger partial charge in [-0.15, -0.1) is 0 Å². The van der Waals surface area contributed by atoms with Crippen LogP contribution >= 0.6 is 0 Å². The lowest BCUT2D eigenvalue weighted by Gasteiger charge is -2.35. The largest absolute Gasteiger partial charge is 0.484 e. The Morgan fingerprint density at radius 2 is 1.91 bits per heavy atom. The van der Waals surface area contributed by atoms with Gasteiger partial charge in [-0.05, 0) is 55.3 Å². The molecule has 0 radical (unpaired) electrons. The molecule has 2 amide bonds. The van der Waals surface area contributed by atoms with Crippen LogP contribution in [0.5, 0.6) is 5.75 Å². The molecular weight excluding hydrogens is 465 g/mol. The van der Waals surface area contributed by atoms with E-state index in [2.05, 4.69) is 10.6 Å². The molecule has 1 unspecified atom stereocenters. The highest BCUT2D eigenvalue weighted by Crippen LogP contribution is 2.45. The van der Waals surface area contributed by atoms with Crippen LogP contribution in [0.15, 0.2) is 47.4 Å². The topological polar surface area (TPSA) is 114 Å². The molecule has 34 heavy (non-hydrogen) atoms. The summed E-state index contributed by atoms with van der Waals surface area (Å²) in [7, 11) is -4.10. The van der Waals surface area contributed by atoms with Crippen molar-refractivity contribution in [2.45, 2.75) is 37.7 Å². The zero-order valence-corrected chi connectivity index (χ0v) is 19.7. The quantitative estimate of drug-likeness (QED) is 0.615. The van der Waals surface area contributed by atoms with E-state index in [0.717, 1.165) is 29.3 Å². The van der Waals surface area contributed by atoms with Crippen LogP contribution < -0.4 is 19.7 Å². The Balaban J connectivity index is 1.61. The number of nitrogens with zero attached hydrogens (tertiary/aromatic N) is 1. The Hall–Kier alpha value is -3.34. The van der Waals surface area contributed by atoms with E-state index in [1.807, 2.05) is 6.92 Å². The predicted octanol–water partition coefficient (Wildman–Crippen LogP) is 3.27. The van der Waals surface area contributed by atoms with Gasteiger partial charge in [-0.25, -0.2) is 17.6 Å². The molecule has 0 aromatic heterocycles. The molecule has 9 nitrogen and oxygen atoms in total. The summed E-state index contributed by atoms with van der Waals surface area (Å²) < 4.78 is 52.6. The van der Waals surface area contributed by atoms with E-state index in [4.69, 9.17) is 9.47 Å². The number of amides is 2. The number of fused-ring (bicyclic) bond motifs is 1. The smallest absolute Gasteiger partial charge is 0.411 e. The van der Waals surface area contributed by atoms with Crippen molar-refractivity contribution in [3.05, 3.63) is 48.3 Å². The molecule has 2 aromatic rings. The van der Waals surface area contributed by atoms with Crippen LogP contribution in [0.1, 0.15) is 26.7 Å². The van der Waals surface area contributed by atoms with E-state index in [1.165, 1.54) is 25.1 Å². The van der Waals surface area contributed by atoms with Gasteiger partial charge in [0.15, 0.2) is 0 Å². The van der Waals surface area contributed by atoms with Crippen molar-refractivity contribution in [3.8, 4) is 5.75 Å². The van der Waals surface area contributed by atoms with E-state index in [0.29, 0.717) is 12.3 Å². The van der Waals surface area contributed by atoms with E-state index >= 15 is 0 Å². The number of anilines is 2. The fraction of sp³-hybridized carbons (Fsp3) is 0.391. The molecule has 2 aromatic carbocycles. The first-order valence-corrected chi connectivity index (χ1v) is 12.3. The number of carbonyl (C=O) groups is 2. The van der Waals surface area contributed by atoms with Crippen LogP contribution in [-0.4, -0.2) is 46.2 Å². The summed E-state index contributed by atoms with van der Waals surface area (Å²) >= 11 is 0. The average Bonchev–Trinajstić information content (AvgIpc) is 3.53. The fourth-order valence-corrected chi connectivity index (χ4v) is 4.97. The number of hydrogen-bond acceptors (Lipinski definition) is 6. The Morgan fingerprint density at radius 1 is 1.21 bits per heavy atom. The molecule has 2 N–H and O–H groups in total. The number of sulfonamides is 1. The summed E-state index contributed by atoms with van der Waals surface area (Å²) in [6, 6.07) is 9.09. The number of nitrogens with one attached hydrogen (secondary N) is 2. The molecule has 1 fully saturated rings. The Labute approximate surface area is 197 Å². The van der Waals surface area contributed by atoms with Crippen molar-refractivity contribution in [1.82, 2.24) is 5.32 Å². The molecular formula is C23H26FN3O6S. The highest BCUT2D eigenvalue weighted by Gasteiger charge is 2.39. The second kappa shape index (κ2) is 9.13. The summed E-state index contributed by atoms with van der Waals surface area (Å²) in [5.74, 6) is -0.577. The lowest BCUT2D eigenvalue weighted by atomic mass is 10.2. The molecule has 0 saturated heterocycles. The van der Waals surface area contributed by atoms with Gasteiger partial charge in [0.05, 0.1) is 30.3 Å². The summed E-state index contributed by atoms with van der Waals surface area (Å²) in [5, 5.41) is 5.24. The molecule has 2 aliphatic rings. The second-order valence-electron chi connectivity index (χ2n) is 8.86. The van der Waals surface area contributed by atoms with Gasteiger partial charge in [0, 0.05) is 18.0 Å². The maximum Gasteiger partial charge on any atom is 0.411 e. The summed E-state index contributed by atoms with van der Waals surface area (Å²) in [5.41, 5.74) is 0.563. The molecule has 1 saturated carbocycles. The number of halogens is 1. The van der Waals surface area contributed by atoms with Crippen LogP contribution in [0, 0.1) is 11.2 Å². The van der Waals surface area contributed by atoms with Gasteiger partial charge >= 0.3 is 6.09 Å². The maximum absolute atomic E-state index is 13.4. The minimum Gasteiger partial charge on any atom is -0.484 e. The fourth-order valence-electron chi connectivity index (χ4n) is 3.47. The van der Waals surface area contributed by atoms with Gasteiger partial charge in [-0.1, -0.05) is 6.92 Å².